The number of amides is 1. The van der Waals surface area contributed by atoms with Gasteiger partial charge in [-0.2, -0.15) is 0 Å². The second kappa shape index (κ2) is 6.47. The van der Waals surface area contributed by atoms with Crippen molar-refractivity contribution in [2.75, 3.05) is 5.32 Å². The molecule has 1 amide bonds. The minimum Gasteiger partial charge on any atom is -0.478 e. The average Bonchev–Trinajstić information content (AvgIpc) is 2.77. The van der Waals surface area contributed by atoms with Crippen LogP contribution in [0.1, 0.15) is 16.1 Å². The lowest BCUT2D eigenvalue weighted by Crippen LogP contribution is -2.12. The molecule has 3 N–H and O–H groups in total. The van der Waals surface area contributed by atoms with Gasteiger partial charge in [0, 0.05) is 11.8 Å². The maximum absolute atomic E-state index is 12.0. The third kappa shape index (κ3) is 4.11. The van der Waals surface area contributed by atoms with Gasteiger partial charge in [0.2, 0.25) is 0 Å². The number of carbonyl (C=O) groups is 2. The Morgan fingerprint density at radius 3 is 2.62 bits per heavy atom. The first-order chi connectivity index (χ1) is 9.95. The molecule has 7 heteroatoms. The molecule has 108 valence electrons. The van der Waals surface area contributed by atoms with Gasteiger partial charge in [-0.3, -0.25) is 4.79 Å². The van der Waals surface area contributed by atoms with Crippen LogP contribution in [0.4, 0.5) is 5.69 Å². The van der Waals surface area contributed by atoms with Crippen molar-refractivity contribution < 1.29 is 14.7 Å². The van der Waals surface area contributed by atoms with Gasteiger partial charge in [0.05, 0.1) is 5.02 Å². The number of H-pyrrole nitrogens is 1. The summed E-state index contributed by atoms with van der Waals surface area (Å²) in [6.45, 7) is 0. The van der Waals surface area contributed by atoms with Crippen LogP contribution >= 0.6 is 23.2 Å². The van der Waals surface area contributed by atoms with Crippen LogP contribution in [-0.2, 0) is 4.79 Å². The van der Waals surface area contributed by atoms with Gasteiger partial charge in [-0.25, -0.2) is 4.79 Å². The van der Waals surface area contributed by atoms with E-state index in [4.69, 9.17) is 28.3 Å². The highest BCUT2D eigenvalue weighted by Crippen LogP contribution is 2.22. The monoisotopic (exact) mass is 324 g/mol. The largest absolute Gasteiger partial charge is 0.478 e. The van der Waals surface area contributed by atoms with E-state index in [1.165, 1.54) is 12.1 Å². The number of nitrogens with one attached hydrogen (secondary N) is 2. The third-order valence-corrected chi connectivity index (χ3v) is 3.23. The van der Waals surface area contributed by atoms with E-state index in [-0.39, 0.29) is 15.9 Å². The lowest BCUT2D eigenvalue weighted by molar-refractivity contribution is -0.131. The average molecular weight is 325 g/mol. The fourth-order valence-electron chi connectivity index (χ4n) is 1.61. The molecule has 0 fully saturated rings. The molecule has 5 nitrogen and oxygen atoms in total. The van der Waals surface area contributed by atoms with Crippen LogP contribution < -0.4 is 5.32 Å². The molecule has 0 aliphatic heterocycles. The Morgan fingerprint density at radius 1 is 1.24 bits per heavy atom. The van der Waals surface area contributed by atoms with Crippen LogP contribution in [-0.4, -0.2) is 22.0 Å². The van der Waals surface area contributed by atoms with E-state index in [1.807, 2.05) is 0 Å². The molecule has 0 saturated heterocycles. The summed E-state index contributed by atoms with van der Waals surface area (Å²) in [6.07, 6.45) is 2.45. The lowest BCUT2D eigenvalue weighted by Gasteiger charge is -2.04. The molecular weight excluding hydrogens is 315 g/mol. The predicted octanol–water partition coefficient (Wildman–Crippen LogP) is 3.67. The first-order valence-corrected chi connectivity index (χ1v) is 6.58. The van der Waals surface area contributed by atoms with Crippen LogP contribution in [0.15, 0.2) is 36.4 Å². The van der Waals surface area contributed by atoms with Gasteiger partial charge in [0.1, 0.15) is 10.8 Å². The highest BCUT2D eigenvalue weighted by molar-refractivity contribution is 6.41. The maximum Gasteiger partial charge on any atom is 0.328 e. The second-order valence-electron chi connectivity index (χ2n) is 4.10. The summed E-state index contributed by atoms with van der Waals surface area (Å²) >= 11 is 11.5. The van der Waals surface area contributed by atoms with Crippen molar-refractivity contribution in [3.63, 3.8) is 0 Å². The number of carboxylic acids is 1. The summed E-state index contributed by atoms with van der Waals surface area (Å²) < 4.78 is 0. The fourth-order valence-corrected chi connectivity index (χ4v) is 1.93. The van der Waals surface area contributed by atoms with Crippen molar-refractivity contribution in [3.05, 3.63) is 57.8 Å². The van der Waals surface area contributed by atoms with Crippen molar-refractivity contribution in [1.29, 1.82) is 0 Å². The molecule has 0 saturated carbocycles. The molecule has 1 aromatic heterocycles. The Hall–Kier alpha value is -2.24. The van der Waals surface area contributed by atoms with Crippen LogP contribution in [0, 0.1) is 0 Å². The van der Waals surface area contributed by atoms with Crippen molar-refractivity contribution in [1.82, 2.24) is 4.98 Å². The number of aliphatic carboxylic acids is 1. The SMILES string of the molecule is O=C(O)/C=C/c1cccc(NC(=O)c2cc(Cl)c(Cl)[nH]2)c1. The Bertz CT molecular complexity index is 703. The molecule has 2 rings (SSSR count). The molecule has 21 heavy (non-hydrogen) atoms. The van der Waals surface area contributed by atoms with Crippen molar-refractivity contribution in [2.45, 2.75) is 0 Å². The zero-order chi connectivity index (χ0) is 15.4. The molecule has 0 aliphatic carbocycles. The molecule has 0 unspecified atom stereocenters. The molecule has 0 spiro atoms. The van der Waals surface area contributed by atoms with Gasteiger partial charge in [-0.15, -0.1) is 0 Å². The first-order valence-electron chi connectivity index (χ1n) is 5.82. The zero-order valence-corrected chi connectivity index (χ0v) is 12.1. The zero-order valence-electron chi connectivity index (χ0n) is 10.6. The van der Waals surface area contributed by atoms with Crippen LogP contribution in [0.5, 0.6) is 0 Å². The Balaban J connectivity index is 2.14. The molecular formula is C14H10Cl2N2O3. The van der Waals surface area contributed by atoms with Gasteiger partial charge in [0.25, 0.3) is 5.91 Å². The summed E-state index contributed by atoms with van der Waals surface area (Å²) in [7, 11) is 0. The summed E-state index contributed by atoms with van der Waals surface area (Å²) in [5, 5.41) is 11.7. The molecule has 2 aromatic rings. The summed E-state index contributed by atoms with van der Waals surface area (Å²) in [4.78, 5) is 25.1. The Kier molecular flexibility index (Phi) is 4.67. The minimum atomic E-state index is -1.04. The van der Waals surface area contributed by atoms with Gasteiger partial charge in [0.15, 0.2) is 0 Å². The first kappa shape index (κ1) is 15.2. The number of carboxylic acid groups (broad SMARTS) is 1. The van der Waals surface area contributed by atoms with Gasteiger partial charge >= 0.3 is 5.97 Å². The number of benzene rings is 1. The van der Waals surface area contributed by atoms with E-state index < -0.39 is 11.9 Å². The van der Waals surface area contributed by atoms with Crippen molar-refractivity contribution in [3.8, 4) is 0 Å². The molecule has 0 radical (unpaired) electrons. The Morgan fingerprint density at radius 2 is 2.00 bits per heavy atom. The number of hydrogen-bond donors (Lipinski definition) is 3. The van der Waals surface area contributed by atoms with E-state index in [0.717, 1.165) is 6.08 Å². The summed E-state index contributed by atoms with van der Waals surface area (Å²) in [5.74, 6) is -1.44. The van der Waals surface area contributed by atoms with Crippen LogP contribution in [0.3, 0.4) is 0 Å². The topological polar surface area (TPSA) is 82.2 Å². The van der Waals surface area contributed by atoms with Crippen LogP contribution in [0.2, 0.25) is 10.2 Å². The number of hydrogen-bond acceptors (Lipinski definition) is 2. The minimum absolute atomic E-state index is 0.194. The number of anilines is 1. The number of rotatable bonds is 4. The molecule has 0 atom stereocenters. The van der Waals surface area contributed by atoms with E-state index in [9.17, 15) is 9.59 Å². The summed E-state index contributed by atoms with van der Waals surface area (Å²) in [6, 6.07) is 8.17. The summed E-state index contributed by atoms with van der Waals surface area (Å²) in [5.41, 5.74) is 1.41. The van der Waals surface area contributed by atoms with E-state index in [2.05, 4.69) is 10.3 Å². The number of carbonyl (C=O) groups excluding carboxylic acids is 1. The highest BCUT2D eigenvalue weighted by Gasteiger charge is 2.11. The highest BCUT2D eigenvalue weighted by atomic mass is 35.5. The third-order valence-electron chi connectivity index (χ3n) is 2.53. The standard InChI is InChI=1S/C14H10Cl2N2O3/c15-10-7-11(18-13(10)16)14(21)17-9-3-1-2-8(6-9)4-5-12(19)20/h1-7,18H,(H,17,21)(H,19,20)/b5-4+. The van der Waals surface area contributed by atoms with Crippen molar-refractivity contribution >= 4 is 46.8 Å². The molecule has 1 aromatic carbocycles. The number of aromatic amines is 1. The smallest absolute Gasteiger partial charge is 0.328 e. The maximum atomic E-state index is 12.0. The normalized spacial score (nSPS) is 10.8. The number of halogens is 2. The van der Waals surface area contributed by atoms with E-state index in [1.54, 1.807) is 24.3 Å². The van der Waals surface area contributed by atoms with Gasteiger partial charge < -0.3 is 15.4 Å². The predicted molar refractivity (Wildman–Crippen MR) is 81.9 cm³/mol. The van der Waals surface area contributed by atoms with E-state index in [0.29, 0.717) is 11.3 Å². The quantitative estimate of drug-likeness (QED) is 0.750. The fraction of sp³-hybridized carbons (Fsp3) is 0. The Labute approximate surface area is 130 Å². The van der Waals surface area contributed by atoms with Crippen LogP contribution in [0.25, 0.3) is 6.08 Å². The molecule has 0 aliphatic rings. The molecule has 1 heterocycles. The number of aromatic nitrogens is 1. The van der Waals surface area contributed by atoms with E-state index >= 15 is 0 Å². The molecule has 0 bridgehead atoms. The second-order valence-corrected chi connectivity index (χ2v) is 4.88. The van der Waals surface area contributed by atoms with Gasteiger partial charge in [-0.05, 0) is 29.8 Å². The van der Waals surface area contributed by atoms with Crippen molar-refractivity contribution in [2.24, 2.45) is 0 Å². The van der Waals surface area contributed by atoms with Gasteiger partial charge in [-0.1, -0.05) is 35.3 Å². The lowest BCUT2D eigenvalue weighted by atomic mass is 10.2.